The Labute approximate surface area is 116 Å². The van der Waals surface area contributed by atoms with Crippen molar-refractivity contribution in [1.82, 2.24) is 10.1 Å². The fraction of sp³-hybridized carbons (Fsp3) is 0.429. The van der Waals surface area contributed by atoms with Crippen LogP contribution in [0.3, 0.4) is 0 Å². The smallest absolute Gasteiger partial charge is 0.227 e. The highest BCUT2D eigenvalue weighted by atomic mass is 32.2. The van der Waals surface area contributed by atoms with Gasteiger partial charge in [-0.25, -0.2) is 0 Å². The van der Waals surface area contributed by atoms with Crippen molar-refractivity contribution in [3.8, 4) is 17.1 Å². The Morgan fingerprint density at radius 1 is 1.32 bits per heavy atom. The monoisotopic (exact) mass is 276 g/mol. The Bertz CT molecular complexity index is 550. The second-order valence-corrected chi connectivity index (χ2v) is 6.05. The lowest BCUT2D eigenvalue weighted by molar-refractivity contribution is 0.345. The van der Waals surface area contributed by atoms with Crippen molar-refractivity contribution in [2.24, 2.45) is 5.92 Å². The lowest BCUT2D eigenvalue weighted by Gasteiger charge is -2.19. The third kappa shape index (κ3) is 3.10. The van der Waals surface area contributed by atoms with E-state index in [1.807, 2.05) is 17.8 Å². The van der Waals surface area contributed by atoms with Gasteiger partial charge in [0.2, 0.25) is 11.7 Å². The van der Waals surface area contributed by atoms with E-state index in [9.17, 15) is 5.11 Å². The summed E-state index contributed by atoms with van der Waals surface area (Å²) in [5.41, 5.74) is 0.786. The summed E-state index contributed by atoms with van der Waals surface area (Å²) in [4.78, 5) is 4.42. The molecule has 0 atom stereocenters. The van der Waals surface area contributed by atoms with E-state index < -0.39 is 0 Å². The maximum absolute atomic E-state index is 9.45. The average molecular weight is 276 g/mol. The first-order chi connectivity index (χ1) is 9.31. The van der Waals surface area contributed by atoms with Gasteiger partial charge < -0.3 is 9.63 Å². The Balaban J connectivity index is 1.72. The van der Waals surface area contributed by atoms with Gasteiger partial charge in [0.1, 0.15) is 5.75 Å². The molecule has 1 fully saturated rings. The number of aromatic hydroxyl groups is 1. The summed E-state index contributed by atoms with van der Waals surface area (Å²) in [7, 11) is 0. The molecular formula is C14H16N2O2S. The lowest BCUT2D eigenvalue weighted by Crippen LogP contribution is -2.12. The molecule has 1 saturated heterocycles. The first-order valence-corrected chi connectivity index (χ1v) is 7.66. The fourth-order valence-corrected chi connectivity index (χ4v) is 3.50. The van der Waals surface area contributed by atoms with Crippen molar-refractivity contribution in [2.45, 2.75) is 19.3 Å². The van der Waals surface area contributed by atoms with E-state index in [0.29, 0.717) is 17.6 Å². The number of phenolic OH excluding ortho intramolecular Hbond substituents is 1. The van der Waals surface area contributed by atoms with Crippen LogP contribution in [0, 0.1) is 5.92 Å². The highest BCUT2D eigenvalue weighted by Gasteiger charge is 2.18. The van der Waals surface area contributed by atoms with Gasteiger partial charge in [0.25, 0.3) is 0 Å². The molecule has 0 unspecified atom stereocenters. The third-order valence-corrected chi connectivity index (χ3v) is 4.43. The van der Waals surface area contributed by atoms with Crippen LogP contribution in [0.1, 0.15) is 18.7 Å². The van der Waals surface area contributed by atoms with Gasteiger partial charge in [0.15, 0.2) is 0 Å². The van der Waals surface area contributed by atoms with Crippen molar-refractivity contribution in [3.63, 3.8) is 0 Å². The van der Waals surface area contributed by atoms with E-state index in [1.54, 1.807) is 18.2 Å². The van der Waals surface area contributed by atoms with Gasteiger partial charge in [-0.05, 0) is 42.4 Å². The summed E-state index contributed by atoms with van der Waals surface area (Å²) in [6.07, 6.45) is 3.33. The van der Waals surface area contributed by atoms with Gasteiger partial charge in [0.05, 0.1) is 0 Å². The minimum atomic E-state index is 0.216. The molecule has 1 aromatic carbocycles. The van der Waals surface area contributed by atoms with Crippen molar-refractivity contribution in [3.05, 3.63) is 30.2 Å². The van der Waals surface area contributed by atoms with E-state index in [4.69, 9.17) is 4.52 Å². The van der Waals surface area contributed by atoms with Crippen LogP contribution in [0.5, 0.6) is 5.75 Å². The molecule has 1 aliphatic heterocycles. The van der Waals surface area contributed by atoms with Crippen LogP contribution in [0.15, 0.2) is 28.8 Å². The van der Waals surface area contributed by atoms with E-state index in [1.165, 1.54) is 24.3 Å². The molecule has 1 N–H and O–H groups in total. The fourth-order valence-electron chi connectivity index (χ4n) is 2.30. The van der Waals surface area contributed by atoms with E-state index in [2.05, 4.69) is 10.1 Å². The van der Waals surface area contributed by atoms with Gasteiger partial charge in [-0.3, -0.25) is 0 Å². The van der Waals surface area contributed by atoms with Gasteiger partial charge >= 0.3 is 0 Å². The summed E-state index contributed by atoms with van der Waals surface area (Å²) in [6.45, 7) is 0. The van der Waals surface area contributed by atoms with E-state index >= 15 is 0 Å². The maximum atomic E-state index is 9.45. The highest BCUT2D eigenvalue weighted by molar-refractivity contribution is 7.99. The van der Waals surface area contributed by atoms with Crippen LogP contribution >= 0.6 is 11.8 Å². The molecule has 19 heavy (non-hydrogen) atoms. The molecule has 100 valence electrons. The quantitative estimate of drug-likeness (QED) is 0.933. The summed E-state index contributed by atoms with van der Waals surface area (Å²) < 4.78 is 5.31. The standard InChI is InChI=1S/C14H16N2O2S/c17-12-3-1-2-11(9-12)14-15-13(18-16-14)8-10-4-6-19-7-5-10/h1-3,9-10,17H,4-8H2. The summed E-state index contributed by atoms with van der Waals surface area (Å²) >= 11 is 2.02. The topological polar surface area (TPSA) is 59.2 Å². The van der Waals surface area contributed by atoms with Gasteiger partial charge in [-0.2, -0.15) is 16.7 Å². The zero-order chi connectivity index (χ0) is 13.1. The van der Waals surface area contributed by atoms with Crippen LogP contribution < -0.4 is 0 Å². The molecule has 0 spiro atoms. The number of benzene rings is 1. The molecule has 1 aromatic heterocycles. The van der Waals surface area contributed by atoms with Crippen molar-refractivity contribution < 1.29 is 9.63 Å². The first kappa shape index (κ1) is 12.5. The Morgan fingerprint density at radius 3 is 2.95 bits per heavy atom. The van der Waals surface area contributed by atoms with E-state index in [-0.39, 0.29) is 5.75 Å². The molecule has 0 bridgehead atoms. The summed E-state index contributed by atoms with van der Waals surface area (Å²) in [5, 5.41) is 13.4. The van der Waals surface area contributed by atoms with Crippen molar-refractivity contribution in [1.29, 1.82) is 0 Å². The predicted molar refractivity (Wildman–Crippen MR) is 75.2 cm³/mol. The number of rotatable bonds is 3. The molecule has 1 aliphatic rings. The predicted octanol–water partition coefficient (Wildman–Crippen LogP) is 3.13. The molecule has 0 radical (unpaired) electrons. The Kier molecular flexibility index (Phi) is 3.73. The molecule has 0 amide bonds. The van der Waals surface area contributed by atoms with Crippen molar-refractivity contribution >= 4 is 11.8 Å². The third-order valence-electron chi connectivity index (χ3n) is 3.38. The second-order valence-electron chi connectivity index (χ2n) is 4.82. The Hall–Kier alpha value is -1.49. The zero-order valence-corrected chi connectivity index (χ0v) is 11.4. The van der Waals surface area contributed by atoms with Crippen LogP contribution in [-0.4, -0.2) is 26.8 Å². The molecular weight excluding hydrogens is 260 g/mol. The summed E-state index contributed by atoms with van der Waals surface area (Å²) in [5.74, 6) is 4.61. The molecule has 0 saturated carbocycles. The number of phenols is 1. The Morgan fingerprint density at radius 2 is 2.16 bits per heavy atom. The van der Waals surface area contributed by atoms with Gasteiger partial charge in [-0.1, -0.05) is 17.3 Å². The van der Waals surface area contributed by atoms with Gasteiger partial charge in [-0.15, -0.1) is 0 Å². The number of hydrogen-bond donors (Lipinski definition) is 1. The maximum Gasteiger partial charge on any atom is 0.227 e. The largest absolute Gasteiger partial charge is 0.508 e. The highest BCUT2D eigenvalue weighted by Crippen LogP contribution is 2.26. The van der Waals surface area contributed by atoms with Crippen LogP contribution in [0.2, 0.25) is 0 Å². The van der Waals surface area contributed by atoms with Crippen molar-refractivity contribution in [2.75, 3.05) is 11.5 Å². The SMILES string of the molecule is Oc1cccc(-c2noc(CC3CCSCC3)n2)c1. The normalized spacial score (nSPS) is 16.6. The molecule has 4 nitrogen and oxygen atoms in total. The first-order valence-electron chi connectivity index (χ1n) is 6.51. The lowest BCUT2D eigenvalue weighted by atomic mass is 9.99. The van der Waals surface area contributed by atoms with Crippen LogP contribution in [0.4, 0.5) is 0 Å². The zero-order valence-electron chi connectivity index (χ0n) is 10.6. The second kappa shape index (κ2) is 5.65. The number of nitrogens with zero attached hydrogens (tertiary/aromatic N) is 2. The minimum Gasteiger partial charge on any atom is -0.508 e. The number of thioether (sulfide) groups is 1. The number of aromatic nitrogens is 2. The molecule has 3 rings (SSSR count). The molecule has 2 aromatic rings. The average Bonchev–Trinajstić information content (AvgIpc) is 2.88. The number of hydrogen-bond acceptors (Lipinski definition) is 5. The molecule has 5 heteroatoms. The summed E-state index contributed by atoms with van der Waals surface area (Å²) in [6, 6.07) is 6.92. The minimum absolute atomic E-state index is 0.216. The molecule has 0 aliphatic carbocycles. The van der Waals surface area contributed by atoms with Gasteiger partial charge in [0, 0.05) is 12.0 Å². The molecule has 2 heterocycles. The van der Waals surface area contributed by atoms with Crippen LogP contribution in [0.25, 0.3) is 11.4 Å². The van der Waals surface area contributed by atoms with E-state index in [0.717, 1.165) is 12.0 Å². The van der Waals surface area contributed by atoms with Crippen LogP contribution in [-0.2, 0) is 6.42 Å².